The average Bonchev–Trinajstić information content (AvgIpc) is 3.16. The van der Waals surface area contributed by atoms with Crippen LogP contribution in [0.3, 0.4) is 0 Å². The number of pyridine rings is 1. The number of carbonyl (C=O) groups is 1. The molecule has 31 heavy (non-hydrogen) atoms. The van der Waals surface area contributed by atoms with Gasteiger partial charge < -0.3 is 5.32 Å². The molecule has 4 aromatic rings. The predicted molar refractivity (Wildman–Crippen MR) is 123 cm³/mol. The molecule has 1 aromatic carbocycles. The second-order valence-corrected chi connectivity index (χ2v) is 8.72. The molecule has 3 aromatic heterocycles. The zero-order valence-electron chi connectivity index (χ0n) is 16.2. The Labute approximate surface area is 190 Å². The number of allylic oxidation sites excluding steroid dienone is 1. The number of para-hydroxylation sites is 1. The summed E-state index contributed by atoms with van der Waals surface area (Å²) in [6, 6.07) is 8.69. The smallest absolute Gasteiger partial charge is 0.263 e. The summed E-state index contributed by atoms with van der Waals surface area (Å²) >= 11 is 13.1. The Morgan fingerprint density at radius 3 is 2.84 bits per heavy atom. The van der Waals surface area contributed by atoms with Crippen molar-refractivity contribution in [2.45, 2.75) is 23.9 Å². The van der Waals surface area contributed by atoms with Gasteiger partial charge in [0, 0.05) is 12.7 Å². The Balaban J connectivity index is 1.71. The fourth-order valence-electron chi connectivity index (χ4n) is 3.04. The molecule has 0 radical (unpaired) electrons. The summed E-state index contributed by atoms with van der Waals surface area (Å²) in [6.07, 6.45) is 3.02. The van der Waals surface area contributed by atoms with Crippen LogP contribution in [0, 0.1) is 0 Å². The zero-order chi connectivity index (χ0) is 22.1. The summed E-state index contributed by atoms with van der Waals surface area (Å²) in [6.45, 7) is 5.73. The molecular formula is C20H16Cl2N6O2S. The van der Waals surface area contributed by atoms with Crippen molar-refractivity contribution in [2.24, 2.45) is 0 Å². The minimum Gasteiger partial charge on any atom is -0.308 e. The molecule has 11 heteroatoms. The van der Waals surface area contributed by atoms with Gasteiger partial charge in [0.15, 0.2) is 11.0 Å². The highest BCUT2D eigenvalue weighted by Crippen LogP contribution is 2.27. The monoisotopic (exact) mass is 474 g/mol. The first-order valence-corrected chi connectivity index (χ1v) is 10.8. The molecule has 3 heterocycles. The maximum atomic E-state index is 12.9. The number of rotatable bonds is 6. The van der Waals surface area contributed by atoms with E-state index in [2.05, 4.69) is 27.1 Å². The number of thioether (sulfide) groups is 1. The van der Waals surface area contributed by atoms with Crippen LogP contribution in [0.25, 0.3) is 16.7 Å². The third-order valence-corrected chi connectivity index (χ3v) is 6.03. The number of aromatic nitrogens is 5. The molecule has 158 valence electrons. The van der Waals surface area contributed by atoms with E-state index in [4.69, 9.17) is 23.2 Å². The largest absolute Gasteiger partial charge is 0.308 e. The van der Waals surface area contributed by atoms with Crippen LogP contribution < -0.4 is 10.9 Å². The molecule has 0 aliphatic heterocycles. The molecule has 0 fully saturated rings. The van der Waals surface area contributed by atoms with Gasteiger partial charge in [-0.25, -0.2) is 4.98 Å². The number of hydrogen-bond acceptors (Lipinski definition) is 6. The normalized spacial score (nSPS) is 12.2. The van der Waals surface area contributed by atoms with Gasteiger partial charge in [-0.1, -0.05) is 53.2 Å². The first kappa shape index (κ1) is 21.4. The number of benzene rings is 1. The molecular weight excluding hydrogens is 459 g/mol. The highest BCUT2D eigenvalue weighted by molar-refractivity contribution is 8.00. The van der Waals surface area contributed by atoms with Gasteiger partial charge in [0.05, 0.1) is 26.2 Å². The molecule has 8 nitrogen and oxygen atoms in total. The number of carbonyl (C=O) groups excluding carboxylic acids is 1. The van der Waals surface area contributed by atoms with Gasteiger partial charge in [0.2, 0.25) is 11.7 Å². The SMILES string of the molecule is C=CCn1c(=O)c2ccccc2n2c(SC(C)C(=O)Nc3ncc(Cl)cc3Cl)nnc12. The topological polar surface area (TPSA) is 94.2 Å². The fraction of sp³-hybridized carbons (Fsp3) is 0.150. The highest BCUT2D eigenvalue weighted by Gasteiger charge is 2.22. The van der Waals surface area contributed by atoms with Crippen molar-refractivity contribution in [1.82, 2.24) is 24.1 Å². The van der Waals surface area contributed by atoms with Crippen molar-refractivity contribution >= 4 is 63.4 Å². The van der Waals surface area contributed by atoms with Crippen LogP contribution >= 0.6 is 35.0 Å². The molecule has 0 saturated carbocycles. The van der Waals surface area contributed by atoms with E-state index >= 15 is 0 Å². The Bertz CT molecular complexity index is 1380. The van der Waals surface area contributed by atoms with Gasteiger partial charge in [0.1, 0.15) is 0 Å². The molecule has 1 atom stereocenters. The van der Waals surface area contributed by atoms with Crippen LogP contribution in [0.15, 0.2) is 59.1 Å². The highest BCUT2D eigenvalue weighted by atomic mass is 35.5. The molecule has 0 aliphatic rings. The summed E-state index contributed by atoms with van der Waals surface area (Å²) in [7, 11) is 0. The molecule has 1 unspecified atom stereocenters. The average molecular weight is 475 g/mol. The van der Waals surface area contributed by atoms with Crippen LogP contribution in [0.5, 0.6) is 0 Å². The quantitative estimate of drug-likeness (QED) is 0.334. The van der Waals surface area contributed by atoms with Gasteiger partial charge in [-0.15, -0.1) is 16.8 Å². The number of nitrogens with one attached hydrogen (secondary N) is 1. The first-order valence-electron chi connectivity index (χ1n) is 9.17. The minimum atomic E-state index is -0.556. The van der Waals surface area contributed by atoms with Crippen LogP contribution in [-0.4, -0.2) is 35.3 Å². The van der Waals surface area contributed by atoms with E-state index in [0.717, 1.165) is 0 Å². The standard InChI is InChI=1S/C20H16Cl2N6O2S/c1-3-8-27-18(30)13-6-4-5-7-15(13)28-19(27)25-26-20(28)31-11(2)17(29)24-16-14(22)9-12(21)10-23-16/h3-7,9-11H,1,8H2,2H3,(H,23,24,29). The van der Waals surface area contributed by atoms with Crippen LogP contribution in [-0.2, 0) is 11.3 Å². The second-order valence-electron chi connectivity index (χ2n) is 6.57. The molecule has 1 amide bonds. The molecule has 0 saturated heterocycles. The Kier molecular flexibility index (Phi) is 5.99. The summed E-state index contributed by atoms with van der Waals surface area (Å²) < 4.78 is 3.26. The van der Waals surface area contributed by atoms with Gasteiger partial charge in [-0.2, -0.15) is 0 Å². The van der Waals surface area contributed by atoms with Crippen LogP contribution in [0.1, 0.15) is 6.92 Å². The van der Waals surface area contributed by atoms with Crippen molar-refractivity contribution in [3.05, 3.63) is 69.6 Å². The lowest BCUT2D eigenvalue weighted by molar-refractivity contribution is -0.115. The lowest BCUT2D eigenvalue weighted by Gasteiger charge is -2.13. The summed E-state index contributed by atoms with van der Waals surface area (Å²) in [5.41, 5.74) is 0.478. The summed E-state index contributed by atoms with van der Waals surface area (Å²) in [5.74, 6) is 0.281. The van der Waals surface area contributed by atoms with Crippen molar-refractivity contribution in [1.29, 1.82) is 0 Å². The van der Waals surface area contributed by atoms with Gasteiger partial charge >= 0.3 is 0 Å². The number of halogens is 2. The number of nitrogens with zero attached hydrogens (tertiary/aromatic N) is 5. The minimum absolute atomic E-state index is 0.179. The number of amides is 1. The third-order valence-electron chi connectivity index (χ3n) is 4.49. The van der Waals surface area contributed by atoms with Crippen molar-refractivity contribution in [3.63, 3.8) is 0 Å². The zero-order valence-corrected chi connectivity index (χ0v) is 18.6. The Hall–Kier alpha value is -2.88. The molecule has 0 spiro atoms. The van der Waals surface area contributed by atoms with E-state index in [1.165, 1.54) is 28.6 Å². The van der Waals surface area contributed by atoms with E-state index in [9.17, 15) is 9.59 Å². The lowest BCUT2D eigenvalue weighted by Crippen LogP contribution is -2.24. The lowest BCUT2D eigenvalue weighted by atomic mass is 10.2. The second kappa shape index (κ2) is 8.70. The van der Waals surface area contributed by atoms with E-state index < -0.39 is 5.25 Å². The number of hydrogen-bond donors (Lipinski definition) is 1. The summed E-state index contributed by atoms with van der Waals surface area (Å²) in [4.78, 5) is 29.6. The van der Waals surface area contributed by atoms with Crippen LogP contribution in [0.2, 0.25) is 10.0 Å². The van der Waals surface area contributed by atoms with E-state index in [0.29, 0.717) is 26.9 Å². The Morgan fingerprint density at radius 2 is 2.10 bits per heavy atom. The number of anilines is 1. The molecule has 0 aliphatic carbocycles. The summed E-state index contributed by atoms with van der Waals surface area (Å²) in [5, 5.41) is 12.2. The predicted octanol–water partition coefficient (Wildman–Crippen LogP) is 4.05. The molecule has 1 N–H and O–H groups in total. The van der Waals surface area contributed by atoms with E-state index in [1.54, 1.807) is 29.5 Å². The third kappa shape index (κ3) is 4.04. The van der Waals surface area contributed by atoms with Crippen LogP contribution in [0.4, 0.5) is 5.82 Å². The van der Waals surface area contributed by atoms with E-state index in [-0.39, 0.29) is 28.9 Å². The van der Waals surface area contributed by atoms with Crippen molar-refractivity contribution < 1.29 is 4.79 Å². The van der Waals surface area contributed by atoms with Crippen molar-refractivity contribution in [2.75, 3.05) is 5.32 Å². The molecule has 0 bridgehead atoms. The van der Waals surface area contributed by atoms with E-state index in [1.807, 2.05) is 12.1 Å². The molecule has 4 rings (SSSR count). The maximum absolute atomic E-state index is 12.9. The van der Waals surface area contributed by atoms with Gasteiger partial charge in [-0.05, 0) is 25.1 Å². The first-order chi connectivity index (χ1) is 14.9. The number of fused-ring (bicyclic) bond motifs is 3. The maximum Gasteiger partial charge on any atom is 0.263 e. The fourth-order valence-corrected chi connectivity index (χ4v) is 4.32. The van der Waals surface area contributed by atoms with Gasteiger partial charge in [0.25, 0.3) is 5.56 Å². The van der Waals surface area contributed by atoms with Crippen molar-refractivity contribution in [3.8, 4) is 0 Å². The Morgan fingerprint density at radius 1 is 1.32 bits per heavy atom. The van der Waals surface area contributed by atoms with Gasteiger partial charge in [-0.3, -0.25) is 18.6 Å².